The summed E-state index contributed by atoms with van der Waals surface area (Å²) < 4.78 is 17.3. The molecule has 142 valence electrons. The summed E-state index contributed by atoms with van der Waals surface area (Å²) in [4.78, 5) is 0. The second kappa shape index (κ2) is 9.72. The molecule has 26 heavy (non-hydrogen) atoms. The number of hydrogen-bond acceptors (Lipinski definition) is 3. The fraction of sp³-hybridized carbons (Fsp3) is 0.455. The second-order valence-electron chi connectivity index (χ2n) is 7.23. The number of alkyl halides is 1. The Hall–Kier alpha value is -1.87. The molecule has 0 N–H and O–H groups in total. The van der Waals surface area contributed by atoms with Gasteiger partial charge in [0.25, 0.3) is 0 Å². The maximum atomic E-state index is 6.16. The van der Waals surface area contributed by atoms with Gasteiger partial charge in [0, 0.05) is 5.88 Å². The monoisotopic (exact) mass is 376 g/mol. The highest BCUT2D eigenvalue weighted by molar-refractivity contribution is 6.17. The minimum absolute atomic E-state index is 0.417. The zero-order chi connectivity index (χ0) is 19.1. The van der Waals surface area contributed by atoms with E-state index in [1.165, 1.54) is 0 Å². The lowest BCUT2D eigenvalue weighted by atomic mass is 9.99. The molecule has 0 aliphatic rings. The number of hydrogen-bond donors (Lipinski definition) is 0. The van der Waals surface area contributed by atoms with Gasteiger partial charge in [-0.2, -0.15) is 0 Å². The van der Waals surface area contributed by atoms with E-state index in [1.807, 2.05) is 30.3 Å². The Morgan fingerprint density at radius 2 is 1.50 bits per heavy atom. The highest BCUT2D eigenvalue weighted by atomic mass is 35.5. The van der Waals surface area contributed by atoms with Crippen molar-refractivity contribution >= 4 is 11.6 Å². The topological polar surface area (TPSA) is 27.7 Å². The zero-order valence-corrected chi connectivity index (χ0v) is 17.1. The van der Waals surface area contributed by atoms with Crippen LogP contribution in [-0.2, 0) is 5.88 Å². The van der Waals surface area contributed by atoms with Crippen molar-refractivity contribution in [3.63, 3.8) is 0 Å². The van der Waals surface area contributed by atoms with Crippen LogP contribution >= 0.6 is 11.6 Å². The molecule has 0 saturated heterocycles. The maximum absolute atomic E-state index is 6.16. The van der Waals surface area contributed by atoms with Crippen molar-refractivity contribution in [1.82, 2.24) is 0 Å². The molecule has 0 unspecified atom stereocenters. The third kappa shape index (κ3) is 5.57. The van der Waals surface area contributed by atoms with Crippen molar-refractivity contribution in [3.8, 4) is 28.4 Å². The number of rotatable bonds is 9. The van der Waals surface area contributed by atoms with Crippen molar-refractivity contribution in [3.05, 3.63) is 42.0 Å². The summed E-state index contributed by atoms with van der Waals surface area (Å²) in [5.74, 6) is 3.67. The molecule has 0 amide bonds. The van der Waals surface area contributed by atoms with E-state index >= 15 is 0 Å². The number of methoxy groups -OCH3 is 1. The van der Waals surface area contributed by atoms with E-state index in [4.69, 9.17) is 25.8 Å². The van der Waals surface area contributed by atoms with Gasteiger partial charge in [0.2, 0.25) is 0 Å². The largest absolute Gasteiger partial charge is 0.497 e. The van der Waals surface area contributed by atoms with Crippen LogP contribution in [0.15, 0.2) is 36.4 Å². The van der Waals surface area contributed by atoms with E-state index in [0.29, 0.717) is 30.9 Å². The first kappa shape index (κ1) is 20.4. The minimum atomic E-state index is 0.417. The first-order valence-electron chi connectivity index (χ1n) is 9.07. The van der Waals surface area contributed by atoms with Crippen LogP contribution in [-0.4, -0.2) is 20.3 Å². The Kier molecular flexibility index (Phi) is 7.65. The summed E-state index contributed by atoms with van der Waals surface area (Å²) in [6.45, 7) is 9.83. The van der Waals surface area contributed by atoms with Gasteiger partial charge in [-0.3, -0.25) is 0 Å². The van der Waals surface area contributed by atoms with Crippen molar-refractivity contribution < 1.29 is 14.2 Å². The van der Waals surface area contributed by atoms with Gasteiger partial charge in [-0.05, 0) is 52.8 Å². The van der Waals surface area contributed by atoms with Crippen LogP contribution in [0.5, 0.6) is 17.2 Å². The van der Waals surface area contributed by atoms with Crippen LogP contribution in [0.1, 0.15) is 33.3 Å². The van der Waals surface area contributed by atoms with Gasteiger partial charge < -0.3 is 14.2 Å². The molecule has 2 aromatic carbocycles. The molecule has 2 rings (SSSR count). The Morgan fingerprint density at radius 1 is 0.846 bits per heavy atom. The molecule has 0 bridgehead atoms. The average molecular weight is 377 g/mol. The van der Waals surface area contributed by atoms with E-state index < -0.39 is 0 Å². The quantitative estimate of drug-likeness (QED) is 0.490. The lowest BCUT2D eigenvalue weighted by Gasteiger charge is -2.17. The summed E-state index contributed by atoms with van der Waals surface area (Å²) in [6.07, 6.45) is 0. The van der Waals surface area contributed by atoms with Crippen molar-refractivity contribution in [2.75, 3.05) is 20.3 Å². The molecule has 2 aromatic rings. The van der Waals surface area contributed by atoms with E-state index in [-0.39, 0.29) is 0 Å². The molecule has 0 radical (unpaired) electrons. The lowest BCUT2D eigenvalue weighted by molar-refractivity contribution is 0.229. The van der Waals surface area contributed by atoms with Crippen LogP contribution in [0.2, 0.25) is 0 Å². The van der Waals surface area contributed by atoms with Gasteiger partial charge in [-0.25, -0.2) is 0 Å². The second-order valence-corrected chi connectivity index (χ2v) is 7.50. The Balaban J connectivity index is 2.38. The molecular weight excluding hydrogens is 348 g/mol. The summed E-state index contributed by atoms with van der Waals surface area (Å²) in [6, 6.07) is 12.0. The van der Waals surface area contributed by atoms with Crippen molar-refractivity contribution in [1.29, 1.82) is 0 Å². The van der Waals surface area contributed by atoms with E-state index in [9.17, 15) is 0 Å². The molecule has 0 heterocycles. The molecular formula is C22H29ClO3. The maximum Gasteiger partial charge on any atom is 0.161 e. The Bertz CT molecular complexity index is 711. The van der Waals surface area contributed by atoms with E-state index in [0.717, 1.165) is 33.9 Å². The normalized spacial score (nSPS) is 11.1. The Labute approximate surface area is 162 Å². The average Bonchev–Trinajstić information content (AvgIpc) is 2.64. The van der Waals surface area contributed by atoms with Crippen molar-refractivity contribution in [2.45, 2.75) is 33.6 Å². The first-order chi connectivity index (χ1) is 12.4. The molecule has 0 fully saturated rings. The minimum Gasteiger partial charge on any atom is -0.497 e. The molecule has 3 nitrogen and oxygen atoms in total. The smallest absolute Gasteiger partial charge is 0.161 e. The standard InChI is InChI=1S/C22H29ClO3/c1-15(2)13-25-21-9-6-17(11-22(21)26-14-16(3)4)20-8-7-19(24-5)10-18(20)12-23/h6-11,15-16H,12-14H2,1-5H3. The number of halogens is 1. The van der Waals surface area contributed by atoms with Gasteiger partial charge >= 0.3 is 0 Å². The fourth-order valence-electron chi connectivity index (χ4n) is 2.51. The third-order valence-corrected chi connectivity index (χ3v) is 4.14. The van der Waals surface area contributed by atoms with Gasteiger partial charge in [0.05, 0.1) is 20.3 Å². The molecule has 4 heteroatoms. The first-order valence-corrected chi connectivity index (χ1v) is 9.61. The van der Waals surface area contributed by atoms with Crippen LogP contribution in [0, 0.1) is 11.8 Å². The molecule has 0 atom stereocenters. The highest BCUT2D eigenvalue weighted by Crippen LogP contribution is 2.36. The van der Waals surface area contributed by atoms with Crippen LogP contribution in [0.4, 0.5) is 0 Å². The van der Waals surface area contributed by atoms with E-state index in [2.05, 4.69) is 33.8 Å². The molecule has 0 aromatic heterocycles. The van der Waals surface area contributed by atoms with Crippen LogP contribution < -0.4 is 14.2 Å². The van der Waals surface area contributed by atoms with Gasteiger partial charge in [0.15, 0.2) is 11.5 Å². The summed E-state index contributed by atoms with van der Waals surface area (Å²) in [7, 11) is 1.66. The molecule has 0 saturated carbocycles. The fourth-order valence-corrected chi connectivity index (χ4v) is 2.73. The predicted octanol–water partition coefficient (Wildman–Crippen LogP) is 6.17. The van der Waals surface area contributed by atoms with Crippen LogP contribution in [0.25, 0.3) is 11.1 Å². The van der Waals surface area contributed by atoms with E-state index in [1.54, 1.807) is 7.11 Å². The predicted molar refractivity (Wildman–Crippen MR) is 109 cm³/mol. The summed E-state index contributed by atoms with van der Waals surface area (Å²) in [5.41, 5.74) is 3.15. The summed E-state index contributed by atoms with van der Waals surface area (Å²) in [5, 5.41) is 0. The molecule has 0 aliphatic carbocycles. The number of ether oxygens (including phenoxy) is 3. The molecule has 0 spiro atoms. The zero-order valence-electron chi connectivity index (χ0n) is 16.3. The number of benzene rings is 2. The van der Waals surface area contributed by atoms with Gasteiger partial charge in [0.1, 0.15) is 5.75 Å². The highest BCUT2D eigenvalue weighted by Gasteiger charge is 2.12. The Morgan fingerprint density at radius 3 is 2.08 bits per heavy atom. The lowest BCUT2D eigenvalue weighted by Crippen LogP contribution is -2.09. The third-order valence-electron chi connectivity index (χ3n) is 3.86. The summed E-state index contributed by atoms with van der Waals surface area (Å²) >= 11 is 6.16. The molecule has 0 aliphatic heterocycles. The SMILES string of the molecule is COc1ccc(-c2ccc(OCC(C)C)c(OCC(C)C)c2)c(CCl)c1. The van der Waals surface area contributed by atoms with Gasteiger partial charge in [-0.1, -0.05) is 39.8 Å². The van der Waals surface area contributed by atoms with Gasteiger partial charge in [-0.15, -0.1) is 11.6 Å². The van der Waals surface area contributed by atoms with Crippen molar-refractivity contribution in [2.24, 2.45) is 11.8 Å². The van der Waals surface area contributed by atoms with Crippen LogP contribution in [0.3, 0.4) is 0 Å².